The number of rotatable bonds is 3. The normalized spacial score (nSPS) is 11.7. The molecule has 0 bridgehead atoms. The fourth-order valence-corrected chi connectivity index (χ4v) is 4.95. The van der Waals surface area contributed by atoms with Crippen molar-refractivity contribution in [3.05, 3.63) is 115 Å². The van der Waals surface area contributed by atoms with Gasteiger partial charge in [-0.2, -0.15) is 0 Å². The predicted molar refractivity (Wildman–Crippen MR) is 138 cm³/mol. The van der Waals surface area contributed by atoms with Crippen LogP contribution in [0, 0.1) is 5.82 Å². The minimum atomic E-state index is -0.239. The Balaban J connectivity index is 1.41. The van der Waals surface area contributed by atoms with Gasteiger partial charge in [-0.25, -0.2) is 4.39 Å². The van der Waals surface area contributed by atoms with Crippen LogP contribution >= 0.6 is 0 Å². The van der Waals surface area contributed by atoms with Crippen molar-refractivity contribution in [1.82, 2.24) is 4.57 Å². The van der Waals surface area contributed by atoms with E-state index in [1.807, 2.05) is 48.5 Å². The zero-order valence-electron chi connectivity index (χ0n) is 18.1. The van der Waals surface area contributed by atoms with Gasteiger partial charge in [-0.3, -0.25) is 0 Å². The van der Waals surface area contributed by atoms with Crippen LogP contribution in [0.2, 0.25) is 0 Å². The summed E-state index contributed by atoms with van der Waals surface area (Å²) in [5, 5.41) is 8.07. The fourth-order valence-electron chi connectivity index (χ4n) is 4.95. The highest BCUT2D eigenvalue weighted by molar-refractivity contribution is 6.13. The Morgan fingerprint density at radius 3 is 2.24 bits per heavy atom. The average molecular weight is 442 g/mol. The SMILES string of the molecule is Fc1ccc(-n2c3ccccc3c3cc(Nc4cccc5oc6ccccc6c45)ccc32)cc1. The van der Waals surface area contributed by atoms with Gasteiger partial charge in [0.1, 0.15) is 17.0 Å². The quantitative estimate of drug-likeness (QED) is 0.297. The van der Waals surface area contributed by atoms with E-state index >= 15 is 0 Å². The van der Waals surface area contributed by atoms with Crippen molar-refractivity contribution in [2.24, 2.45) is 0 Å². The van der Waals surface area contributed by atoms with Crippen LogP contribution in [0.5, 0.6) is 0 Å². The number of fused-ring (bicyclic) bond motifs is 6. The van der Waals surface area contributed by atoms with E-state index in [9.17, 15) is 4.39 Å². The number of nitrogens with one attached hydrogen (secondary N) is 1. The Morgan fingerprint density at radius 2 is 1.35 bits per heavy atom. The van der Waals surface area contributed by atoms with Gasteiger partial charge in [0.05, 0.1) is 22.1 Å². The van der Waals surface area contributed by atoms with Crippen molar-refractivity contribution in [3.63, 3.8) is 0 Å². The van der Waals surface area contributed by atoms with Crippen LogP contribution in [0.15, 0.2) is 114 Å². The molecule has 2 aromatic heterocycles. The summed E-state index contributed by atoms with van der Waals surface area (Å²) in [6, 6.07) is 35.5. The van der Waals surface area contributed by atoms with E-state index in [2.05, 4.69) is 58.4 Å². The molecule has 7 rings (SSSR count). The lowest BCUT2D eigenvalue weighted by molar-refractivity contribution is 0.627. The molecule has 162 valence electrons. The van der Waals surface area contributed by atoms with Crippen LogP contribution in [0.25, 0.3) is 49.4 Å². The molecule has 0 saturated heterocycles. The van der Waals surface area contributed by atoms with Crippen LogP contribution in [0.4, 0.5) is 15.8 Å². The monoisotopic (exact) mass is 442 g/mol. The van der Waals surface area contributed by atoms with E-state index in [0.29, 0.717) is 0 Å². The second-order valence-corrected chi connectivity index (χ2v) is 8.46. The lowest BCUT2D eigenvalue weighted by Gasteiger charge is -2.10. The Morgan fingerprint density at radius 1 is 0.618 bits per heavy atom. The Labute approximate surface area is 194 Å². The van der Waals surface area contributed by atoms with Crippen molar-refractivity contribution < 1.29 is 8.81 Å². The molecule has 4 heteroatoms. The molecule has 34 heavy (non-hydrogen) atoms. The predicted octanol–water partition coefficient (Wildman–Crippen LogP) is 8.57. The van der Waals surface area contributed by atoms with Gasteiger partial charge in [-0.15, -0.1) is 0 Å². The Hall–Kier alpha value is -4.57. The molecule has 1 N–H and O–H groups in total. The zero-order chi connectivity index (χ0) is 22.6. The van der Waals surface area contributed by atoms with Gasteiger partial charge in [0, 0.05) is 27.5 Å². The van der Waals surface area contributed by atoms with Crippen molar-refractivity contribution >= 4 is 55.1 Å². The van der Waals surface area contributed by atoms with Crippen LogP contribution in [0.3, 0.4) is 0 Å². The molecule has 0 spiro atoms. The molecule has 2 heterocycles. The first kappa shape index (κ1) is 18.9. The van der Waals surface area contributed by atoms with Crippen molar-refractivity contribution in [3.8, 4) is 5.69 Å². The fraction of sp³-hybridized carbons (Fsp3) is 0. The Kier molecular flexibility index (Phi) is 4.02. The topological polar surface area (TPSA) is 30.1 Å². The van der Waals surface area contributed by atoms with Crippen molar-refractivity contribution in [1.29, 1.82) is 0 Å². The summed E-state index contributed by atoms with van der Waals surface area (Å²) in [5.41, 5.74) is 6.83. The molecule has 0 aliphatic rings. The number of hydrogen-bond acceptors (Lipinski definition) is 2. The molecule has 5 aromatic carbocycles. The molecular formula is C30H19FN2O. The van der Waals surface area contributed by atoms with Crippen molar-refractivity contribution in [2.45, 2.75) is 0 Å². The van der Waals surface area contributed by atoms with Gasteiger partial charge in [0.15, 0.2) is 0 Å². The Bertz CT molecular complexity index is 1840. The highest BCUT2D eigenvalue weighted by Crippen LogP contribution is 2.37. The second kappa shape index (κ2) is 7.22. The first-order valence-electron chi connectivity index (χ1n) is 11.2. The summed E-state index contributed by atoms with van der Waals surface area (Å²) in [6.07, 6.45) is 0. The molecule has 0 amide bonds. The molecule has 0 aliphatic carbocycles. The molecular weight excluding hydrogens is 423 g/mol. The van der Waals surface area contributed by atoms with E-state index in [4.69, 9.17) is 4.42 Å². The molecule has 0 atom stereocenters. The maximum Gasteiger partial charge on any atom is 0.137 e. The number of para-hydroxylation sites is 2. The van der Waals surface area contributed by atoms with Crippen LogP contribution in [0.1, 0.15) is 0 Å². The minimum absolute atomic E-state index is 0.239. The van der Waals surface area contributed by atoms with Crippen LogP contribution < -0.4 is 5.32 Å². The molecule has 0 fully saturated rings. The summed E-state index contributed by atoms with van der Waals surface area (Å²) in [4.78, 5) is 0. The maximum atomic E-state index is 13.6. The third-order valence-corrected chi connectivity index (χ3v) is 6.44. The summed E-state index contributed by atoms with van der Waals surface area (Å²) in [6.45, 7) is 0. The third kappa shape index (κ3) is 2.82. The number of aromatic nitrogens is 1. The van der Waals surface area contributed by atoms with E-state index in [1.54, 1.807) is 0 Å². The van der Waals surface area contributed by atoms with Gasteiger partial charge < -0.3 is 14.3 Å². The summed E-state index contributed by atoms with van der Waals surface area (Å²) in [7, 11) is 0. The number of hydrogen-bond donors (Lipinski definition) is 1. The molecule has 0 aliphatic heterocycles. The van der Waals surface area contributed by atoms with Crippen LogP contribution in [-0.2, 0) is 0 Å². The number of anilines is 2. The van der Waals surface area contributed by atoms with E-state index in [1.165, 1.54) is 12.1 Å². The lowest BCUT2D eigenvalue weighted by atomic mass is 10.1. The van der Waals surface area contributed by atoms with E-state index in [-0.39, 0.29) is 5.82 Å². The molecule has 0 radical (unpaired) electrons. The minimum Gasteiger partial charge on any atom is -0.456 e. The first-order chi connectivity index (χ1) is 16.8. The third-order valence-electron chi connectivity index (χ3n) is 6.44. The smallest absolute Gasteiger partial charge is 0.137 e. The molecule has 3 nitrogen and oxygen atoms in total. The number of halogens is 1. The average Bonchev–Trinajstić information content (AvgIpc) is 3.41. The molecule has 0 saturated carbocycles. The molecule has 0 unspecified atom stereocenters. The standard InChI is InChI=1S/C30H19FN2O/c31-19-12-15-21(16-13-19)33-26-9-3-1-6-22(26)24-18-20(14-17-27(24)33)32-25-8-5-11-29-30(25)23-7-2-4-10-28(23)34-29/h1-18,32H. The van der Waals surface area contributed by atoms with E-state index in [0.717, 1.165) is 60.8 Å². The maximum absolute atomic E-state index is 13.6. The van der Waals surface area contributed by atoms with Gasteiger partial charge in [-0.05, 0) is 66.7 Å². The van der Waals surface area contributed by atoms with Crippen LogP contribution in [-0.4, -0.2) is 4.57 Å². The van der Waals surface area contributed by atoms with Gasteiger partial charge in [0.2, 0.25) is 0 Å². The molecule has 7 aromatic rings. The number of nitrogens with zero attached hydrogens (tertiary/aromatic N) is 1. The zero-order valence-corrected chi connectivity index (χ0v) is 18.1. The highest BCUT2D eigenvalue weighted by Gasteiger charge is 2.14. The van der Waals surface area contributed by atoms with Gasteiger partial charge >= 0.3 is 0 Å². The van der Waals surface area contributed by atoms with Gasteiger partial charge in [-0.1, -0.05) is 42.5 Å². The first-order valence-corrected chi connectivity index (χ1v) is 11.2. The van der Waals surface area contributed by atoms with Crippen molar-refractivity contribution in [2.75, 3.05) is 5.32 Å². The van der Waals surface area contributed by atoms with E-state index < -0.39 is 0 Å². The summed E-state index contributed by atoms with van der Waals surface area (Å²) >= 11 is 0. The lowest BCUT2D eigenvalue weighted by Crippen LogP contribution is -1.94. The van der Waals surface area contributed by atoms with Gasteiger partial charge in [0.25, 0.3) is 0 Å². The number of benzene rings is 5. The highest BCUT2D eigenvalue weighted by atomic mass is 19.1. The largest absolute Gasteiger partial charge is 0.456 e. The summed E-state index contributed by atoms with van der Waals surface area (Å²) < 4.78 is 21.8. The number of furan rings is 1. The second-order valence-electron chi connectivity index (χ2n) is 8.46. The summed E-state index contributed by atoms with van der Waals surface area (Å²) in [5.74, 6) is -0.239.